The Bertz CT molecular complexity index is 800. The normalized spacial score (nSPS) is 10.0. The second kappa shape index (κ2) is 9.96. The minimum atomic E-state index is -0.572. The molecule has 2 rings (SSSR count). The molecule has 0 aliphatic rings. The van der Waals surface area contributed by atoms with E-state index >= 15 is 0 Å². The molecule has 2 aromatic rings. The van der Waals surface area contributed by atoms with Crippen LogP contribution in [-0.2, 0) is 9.53 Å². The van der Waals surface area contributed by atoms with Crippen molar-refractivity contribution in [2.24, 2.45) is 0 Å². The van der Waals surface area contributed by atoms with E-state index in [9.17, 15) is 14.4 Å². The number of ketones is 1. The lowest BCUT2D eigenvalue weighted by Gasteiger charge is -2.09. The molecule has 0 aliphatic heterocycles. The van der Waals surface area contributed by atoms with Crippen LogP contribution in [0.3, 0.4) is 0 Å². The molecule has 0 spiro atoms. The first kappa shape index (κ1) is 20.0. The Morgan fingerprint density at radius 3 is 2.30 bits per heavy atom. The van der Waals surface area contributed by atoms with Crippen LogP contribution < -0.4 is 14.8 Å². The molecular formula is C20H21NO6. The minimum Gasteiger partial charge on any atom is -0.497 e. The summed E-state index contributed by atoms with van der Waals surface area (Å²) in [6.07, 6.45) is -0.0449. The predicted octanol–water partition coefficient (Wildman–Crippen LogP) is 2.25. The minimum absolute atomic E-state index is 0.0449. The first-order valence-corrected chi connectivity index (χ1v) is 8.29. The molecule has 1 N–H and O–H groups in total. The van der Waals surface area contributed by atoms with Gasteiger partial charge in [0.05, 0.1) is 26.2 Å². The second-order valence-electron chi connectivity index (χ2n) is 5.52. The topological polar surface area (TPSA) is 90.9 Å². The van der Waals surface area contributed by atoms with Crippen LogP contribution in [0.25, 0.3) is 0 Å². The van der Waals surface area contributed by atoms with Crippen LogP contribution in [0, 0.1) is 0 Å². The van der Waals surface area contributed by atoms with Gasteiger partial charge in [0.2, 0.25) is 0 Å². The number of Topliss-reactive ketones (excluding diaryl/α,β-unsaturated/α-hetero) is 1. The Morgan fingerprint density at radius 2 is 1.63 bits per heavy atom. The Kier molecular flexibility index (Phi) is 7.37. The summed E-state index contributed by atoms with van der Waals surface area (Å²) in [5.74, 6) is -0.159. The third-order valence-electron chi connectivity index (χ3n) is 3.74. The fourth-order valence-corrected chi connectivity index (χ4v) is 2.28. The Balaban J connectivity index is 1.74. The van der Waals surface area contributed by atoms with Crippen molar-refractivity contribution in [1.29, 1.82) is 0 Å². The fraction of sp³-hybridized carbons (Fsp3) is 0.250. The van der Waals surface area contributed by atoms with E-state index < -0.39 is 5.97 Å². The Labute approximate surface area is 157 Å². The van der Waals surface area contributed by atoms with Gasteiger partial charge in [-0.2, -0.15) is 0 Å². The molecule has 27 heavy (non-hydrogen) atoms. The zero-order valence-electron chi connectivity index (χ0n) is 15.2. The van der Waals surface area contributed by atoms with Crippen molar-refractivity contribution in [2.75, 3.05) is 27.4 Å². The van der Waals surface area contributed by atoms with Crippen molar-refractivity contribution in [3.63, 3.8) is 0 Å². The molecule has 1 amide bonds. The van der Waals surface area contributed by atoms with E-state index in [2.05, 4.69) is 5.32 Å². The van der Waals surface area contributed by atoms with Gasteiger partial charge in [-0.15, -0.1) is 0 Å². The van der Waals surface area contributed by atoms with Gasteiger partial charge in [-0.05, 0) is 36.4 Å². The Morgan fingerprint density at radius 1 is 0.926 bits per heavy atom. The lowest BCUT2D eigenvalue weighted by Crippen LogP contribution is -2.27. The molecule has 2 aromatic carbocycles. The standard InChI is InChI=1S/C20H21NO6/c1-25-15-9-7-14(8-10-15)17(22)13-27-19(23)11-12-21-20(24)16-5-3-4-6-18(16)26-2/h3-10H,11-13H2,1-2H3,(H,21,24). The maximum Gasteiger partial charge on any atom is 0.308 e. The molecule has 0 atom stereocenters. The van der Waals surface area contributed by atoms with Gasteiger partial charge in [0.15, 0.2) is 12.4 Å². The molecule has 0 heterocycles. The van der Waals surface area contributed by atoms with Gasteiger partial charge in [-0.25, -0.2) is 0 Å². The molecule has 7 nitrogen and oxygen atoms in total. The highest BCUT2D eigenvalue weighted by molar-refractivity contribution is 5.98. The van der Waals surface area contributed by atoms with E-state index in [4.69, 9.17) is 14.2 Å². The summed E-state index contributed by atoms with van der Waals surface area (Å²) in [4.78, 5) is 35.8. The van der Waals surface area contributed by atoms with Crippen LogP contribution in [0.2, 0.25) is 0 Å². The average Bonchev–Trinajstić information content (AvgIpc) is 2.71. The van der Waals surface area contributed by atoms with E-state index in [0.29, 0.717) is 22.6 Å². The van der Waals surface area contributed by atoms with Gasteiger partial charge in [0, 0.05) is 12.1 Å². The van der Waals surface area contributed by atoms with E-state index in [1.165, 1.54) is 14.2 Å². The first-order valence-electron chi connectivity index (χ1n) is 8.29. The number of nitrogens with one attached hydrogen (secondary N) is 1. The number of methoxy groups -OCH3 is 2. The smallest absolute Gasteiger partial charge is 0.308 e. The maximum atomic E-state index is 12.1. The number of carbonyl (C=O) groups is 3. The molecular weight excluding hydrogens is 350 g/mol. The van der Waals surface area contributed by atoms with E-state index in [1.807, 2.05) is 0 Å². The maximum absolute atomic E-state index is 12.1. The fourth-order valence-electron chi connectivity index (χ4n) is 2.28. The SMILES string of the molecule is COc1ccc(C(=O)COC(=O)CCNC(=O)c2ccccc2OC)cc1. The van der Waals surface area contributed by atoms with Crippen molar-refractivity contribution < 1.29 is 28.6 Å². The summed E-state index contributed by atoms with van der Waals surface area (Å²) in [6.45, 7) is -0.266. The van der Waals surface area contributed by atoms with Crippen LogP contribution >= 0.6 is 0 Å². The molecule has 142 valence electrons. The Hall–Kier alpha value is -3.35. The number of rotatable bonds is 9. The largest absolute Gasteiger partial charge is 0.497 e. The quantitative estimate of drug-likeness (QED) is 0.537. The van der Waals surface area contributed by atoms with Crippen molar-refractivity contribution >= 4 is 17.7 Å². The summed E-state index contributed by atoms with van der Waals surface area (Å²) in [5, 5.41) is 2.62. The van der Waals surface area contributed by atoms with Gasteiger partial charge >= 0.3 is 5.97 Å². The van der Waals surface area contributed by atoms with Crippen LogP contribution in [0.1, 0.15) is 27.1 Å². The highest BCUT2D eigenvalue weighted by Crippen LogP contribution is 2.16. The molecule has 0 fully saturated rings. The van der Waals surface area contributed by atoms with Crippen LogP contribution in [0.4, 0.5) is 0 Å². The van der Waals surface area contributed by atoms with Gasteiger partial charge in [-0.1, -0.05) is 12.1 Å². The molecule has 0 radical (unpaired) electrons. The summed E-state index contributed by atoms with van der Waals surface area (Å²) in [7, 11) is 3.01. The van der Waals surface area contributed by atoms with Crippen molar-refractivity contribution in [3.05, 3.63) is 59.7 Å². The monoisotopic (exact) mass is 371 g/mol. The summed E-state index contributed by atoms with van der Waals surface area (Å²) >= 11 is 0. The highest BCUT2D eigenvalue weighted by atomic mass is 16.5. The van der Waals surface area contributed by atoms with E-state index in [1.54, 1.807) is 48.5 Å². The zero-order chi connectivity index (χ0) is 19.6. The van der Waals surface area contributed by atoms with Crippen LogP contribution in [-0.4, -0.2) is 45.0 Å². The average molecular weight is 371 g/mol. The third-order valence-corrected chi connectivity index (χ3v) is 3.74. The summed E-state index contributed by atoms with van der Waals surface area (Å²) in [5.41, 5.74) is 0.802. The lowest BCUT2D eigenvalue weighted by molar-refractivity contribution is -0.142. The number of ether oxygens (including phenoxy) is 3. The molecule has 0 saturated heterocycles. The number of benzene rings is 2. The van der Waals surface area contributed by atoms with Crippen molar-refractivity contribution in [2.45, 2.75) is 6.42 Å². The van der Waals surface area contributed by atoms with E-state index in [0.717, 1.165) is 0 Å². The number of esters is 1. The second-order valence-corrected chi connectivity index (χ2v) is 5.52. The van der Waals surface area contributed by atoms with Crippen molar-refractivity contribution in [3.8, 4) is 11.5 Å². The summed E-state index contributed by atoms with van der Waals surface area (Å²) in [6, 6.07) is 13.3. The van der Waals surface area contributed by atoms with Crippen LogP contribution in [0.5, 0.6) is 11.5 Å². The van der Waals surface area contributed by atoms with Gasteiger partial charge in [-0.3, -0.25) is 14.4 Å². The number of carbonyl (C=O) groups excluding carboxylic acids is 3. The van der Waals surface area contributed by atoms with Crippen molar-refractivity contribution in [1.82, 2.24) is 5.32 Å². The molecule has 0 saturated carbocycles. The number of hydrogen-bond acceptors (Lipinski definition) is 6. The molecule has 0 aliphatic carbocycles. The summed E-state index contributed by atoms with van der Waals surface area (Å²) < 4.78 is 15.1. The van der Waals surface area contributed by atoms with E-state index in [-0.39, 0.29) is 31.3 Å². The van der Waals surface area contributed by atoms with Crippen LogP contribution in [0.15, 0.2) is 48.5 Å². The third kappa shape index (κ3) is 5.85. The number of amides is 1. The number of hydrogen-bond donors (Lipinski definition) is 1. The molecule has 7 heteroatoms. The molecule has 0 unspecified atom stereocenters. The molecule has 0 aromatic heterocycles. The molecule has 0 bridgehead atoms. The van der Waals surface area contributed by atoms with Gasteiger partial charge in [0.1, 0.15) is 11.5 Å². The van der Waals surface area contributed by atoms with Gasteiger partial charge in [0.25, 0.3) is 5.91 Å². The van der Waals surface area contributed by atoms with Gasteiger partial charge < -0.3 is 19.5 Å². The number of para-hydroxylation sites is 1. The highest BCUT2D eigenvalue weighted by Gasteiger charge is 2.13. The lowest BCUT2D eigenvalue weighted by atomic mass is 10.1. The zero-order valence-corrected chi connectivity index (χ0v) is 15.2. The first-order chi connectivity index (χ1) is 13.0. The predicted molar refractivity (Wildman–Crippen MR) is 98.2 cm³/mol.